The van der Waals surface area contributed by atoms with E-state index in [9.17, 15) is 0 Å². The summed E-state index contributed by atoms with van der Waals surface area (Å²) in [6, 6.07) is 17.4. The minimum atomic E-state index is 0.956. The Morgan fingerprint density at radius 2 is 1.25 bits per heavy atom. The maximum atomic E-state index is 3.32. The smallest absolute Gasteiger partial charge is 0.0366 e. The summed E-state index contributed by atoms with van der Waals surface area (Å²) in [7, 11) is 0. The van der Waals surface area contributed by atoms with Gasteiger partial charge in [-0.05, 0) is 56.2 Å². The largest absolute Gasteiger partial charge is 0.385 e. The lowest BCUT2D eigenvalue weighted by atomic mass is 10.0. The molecule has 0 saturated carbocycles. The Bertz CT molecular complexity index is 510. The van der Waals surface area contributed by atoms with E-state index in [4.69, 9.17) is 0 Å². The monoisotopic (exact) mass is 268 g/mol. The minimum absolute atomic E-state index is 0.956. The summed E-state index contributed by atoms with van der Waals surface area (Å²) in [5, 5.41) is 3.32. The average Bonchev–Trinajstić information content (AvgIpc) is 2.50. The van der Waals surface area contributed by atoms with Crippen LogP contribution in [0, 0.1) is 0 Å². The second-order valence-corrected chi connectivity index (χ2v) is 4.83. The number of benzene rings is 2. The van der Waals surface area contributed by atoms with Gasteiger partial charge in [0.2, 0.25) is 0 Å². The third-order valence-corrected chi connectivity index (χ3v) is 3.60. The van der Waals surface area contributed by atoms with E-state index in [1.54, 1.807) is 0 Å². The molecule has 0 aliphatic heterocycles. The lowest BCUT2D eigenvalue weighted by Gasteiger charge is -2.21. The lowest BCUT2D eigenvalue weighted by Crippen LogP contribution is -2.21. The second kappa shape index (κ2) is 6.99. The third-order valence-electron chi connectivity index (χ3n) is 3.60. The predicted octanol–water partition coefficient (Wildman–Crippen LogP) is 4.63. The number of hydrogen-bond donors (Lipinski definition) is 1. The van der Waals surface area contributed by atoms with Crippen LogP contribution in [0.5, 0.6) is 0 Å². The Morgan fingerprint density at radius 1 is 0.750 bits per heavy atom. The van der Waals surface area contributed by atoms with E-state index < -0.39 is 0 Å². The molecule has 0 amide bonds. The first kappa shape index (κ1) is 14.4. The second-order valence-electron chi connectivity index (χ2n) is 4.83. The van der Waals surface area contributed by atoms with Crippen LogP contribution >= 0.6 is 0 Å². The van der Waals surface area contributed by atoms with Crippen molar-refractivity contribution in [3.8, 4) is 11.1 Å². The van der Waals surface area contributed by atoms with Crippen molar-refractivity contribution in [2.45, 2.75) is 20.8 Å². The van der Waals surface area contributed by atoms with E-state index >= 15 is 0 Å². The van der Waals surface area contributed by atoms with Crippen LogP contribution in [-0.2, 0) is 0 Å². The molecule has 0 bridgehead atoms. The Kier molecular flexibility index (Phi) is 5.05. The maximum Gasteiger partial charge on any atom is 0.0366 e. The molecule has 2 rings (SSSR count). The van der Waals surface area contributed by atoms with Gasteiger partial charge in [-0.3, -0.25) is 0 Å². The standard InChI is InChI=1S/C18H24N2/c1-4-19-17-11-7-15(8-12-17)16-9-13-18(14-10-16)20(5-2)6-3/h7-14,19H,4-6H2,1-3H3. The summed E-state index contributed by atoms with van der Waals surface area (Å²) < 4.78 is 0. The molecule has 0 unspecified atom stereocenters. The van der Waals surface area contributed by atoms with Crippen LogP contribution in [0.3, 0.4) is 0 Å². The van der Waals surface area contributed by atoms with Gasteiger partial charge in [0.1, 0.15) is 0 Å². The van der Waals surface area contributed by atoms with Crippen molar-refractivity contribution >= 4 is 11.4 Å². The fraction of sp³-hybridized carbons (Fsp3) is 0.333. The molecular weight excluding hydrogens is 244 g/mol. The van der Waals surface area contributed by atoms with Crippen LogP contribution in [-0.4, -0.2) is 19.6 Å². The van der Waals surface area contributed by atoms with E-state index in [-0.39, 0.29) is 0 Å². The van der Waals surface area contributed by atoms with Crippen molar-refractivity contribution in [1.82, 2.24) is 0 Å². The lowest BCUT2D eigenvalue weighted by molar-refractivity contribution is 0.866. The Hall–Kier alpha value is -1.96. The van der Waals surface area contributed by atoms with Gasteiger partial charge in [0, 0.05) is 31.0 Å². The van der Waals surface area contributed by atoms with Gasteiger partial charge >= 0.3 is 0 Å². The van der Waals surface area contributed by atoms with Gasteiger partial charge in [0.15, 0.2) is 0 Å². The molecule has 0 radical (unpaired) electrons. The maximum absolute atomic E-state index is 3.32. The van der Waals surface area contributed by atoms with Crippen molar-refractivity contribution in [1.29, 1.82) is 0 Å². The van der Waals surface area contributed by atoms with Gasteiger partial charge in [0.25, 0.3) is 0 Å². The van der Waals surface area contributed by atoms with Crippen molar-refractivity contribution in [2.75, 3.05) is 29.9 Å². The van der Waals surface area contributed by atoms with E-state index in [0.29, 0.717) is 0 Å². The molecule has 0 spiro atoms. The van der Waals surface area contributed by atoms with E-state index in [1.165, 1.54) is 22.5 Å². The fourth-order valence-electron chi connectivity index (χ4n) is 2.44. The van der Waals surface area contributed by atoms with Crippen molar-refractivity contribution < 1.29 is 0 Å². The summed E-state index contributed by atoms with van der Waals surface area (Å²) in [6.45, 7) is 9.55. The Morgan fingerprint density at radius 3 is 1.70 bits per heavy atom. The van der Waals surface area contributed by atoms with E-state index in [1.807, 2.05) is 0 Å². The molecule has 0 aromatic heterocycles. The van der Waals surface area contributed by atoms with Gasteiger partial charge in [-0.15, -0.1) is 0 Å². The molecule has 2 aromatic carbocycles. The summed E-state index contributed by atoms with van der Waals surface area (Å²) in [5.41, 5.74) is 5.00. The minimum Gasteiger partial charge on any atom is -0.385 e. The zero-order valence-electron chi connectivity index (χ0n) is 12.7. The van der Waals surface area contributed by atoms with Crippen LogP contribution in [0.15, 0.2) is 48.5 Å². The normalized spacial score (nSPS) is 10.3. The van der Waals surface area contributed by atoms with Crippen molar-refractivity contribution in [3.05, 3.63) is 48.5 Å². The summed E-state index contributed by atoms with van der Waals surface area (Å²) in [5.74, 6) is 0. The van der Waals surface area contributed by atoms with Gasteiger partial charge in [-0.25, -0.2) is 0 Å². The number of rotatable bonds is 6. The fourth-order valence-corrected chi connectivity index (χ4v) is 2.44. The first-order valence-corrected chi connectivity index (χ1v) is 7.47. The first-order chi connectivity index (χ1) is 9.78. The molecule has 1 N–H and O–H groups in total. The van der Waals surface area contributed by atoms with Crippen molar-refractivity contribution in [3.63, 3.8) is 0 Å². The molecule has 0 atom stereocenters. The van der Waals surface area contributed by atoms with E-state index in [2.05, 4.69) is 79.5 Å². The molecule has 0 aliphatic carbocycles. The molecule has 0 saturated heterocycles. The quantitative estimate of drug-likeness (QED) is 0.821. The highest BCUT2D eigenvalue weighted by molar-refractivity contribution is 5.68. The number of hydrogen-bond acceptors (Lipinski definition) is 2. The summed E-state index contributed by atoms with van der Waals surface area (Å²) in [6.07, 6.45) is 0. The molecule has 2 aromatic rings. The summed E-state index contributed by atoms with van der Waals surface area (Å²) in [4.78, 5) is 2.36. The SMILES string of the molecule is CCNc1ccc(-c2ccc(N(CC)CC)cc2)cc1. The van der Waals surface area contributed by atoms with Crippen LogP contribution in [0.2, 0.25) is 0 Å². The topological polar surface area (TPSA) is 15.3 Å². The molecular formula is C18H24N2. The van der Waals surface area contributed by atoms with Gasteiger partial charge in [-0.1, -0.05) is 24.3 Å². The number of nitrogens with zero attached hydrogens (tertiary/aromatic N) is 1. The molecule has 106 valence electrons. The highest BCUT2D eigenvalue weighted by atomic mass is 15.1. The van der Waals surface area contributed by atoms with Crippen LogP contribution in [0.1, 0.15) is 20.8 Å². The van der Waals surface area contributed by atoms with Crippen LogP contribution in [0.4, 0.5) is 11.4 Å². The van der Waals surface area contributed by atoms with Crippen LogP contribution < -0.4 is 10.2 Å². The number of nitrogens with one attached hydrogen (secondary N) is 1. The zero-order chi connectivity index (χ0) is 14.4. The first-order valence-electron chi connectivity index (χ1n) is 7.47. The molecule has 2 nitrogen and oxygen atoms in total. The highest BCUT2D eigenvalue weighted by Crippen LogP contribution is 2.24. The van der Waals surface area contributed by atoms with Gasteiger partial charge in [-0.2, -0.15) is 0 Å². The predicted molar refractivity (Wildman–Crippen MR) is 89.6 cm³/mol. The molecule has 0 aliphatic rings. The Balaban J connectivity index is 2.17. The Labute approximate surface area is 122 Å². The molecule has 2 heteroatoms. The summed E-state index contributed by atoms with van der Waals surface area (Å²) >= 11 is 0. The van der Waals surface area contributed by atoms with E-state index in [0.717, 1.165) is 19.6 Å². The molecule has 0 fully saturated rings. The van der Waals surface area contributed by atoms with Gasteiger partial charge in [0.05, 0.1) is 0 Å². The number of anilines is 2. The molecule has 0 heterocycles. The van der Waals surface area contributed by atoms with Crippen LogP contribution in [0.25, 0.3) is 11.1 Å². The third kappa shape index (κ3) is 3.32. The molecule has 20 heavy (non-hydrogen) atoms. The highest BCUT2D eigenvalue weighted by Gasteiger charge is 2.02. The average molecular weight is 268 g/mol. The zero-order valence-corrected chi connectivity index (χ0v) is 12.7. The van der Waals surface area contributed by atoms with Crippen molar-refractivity contribution in [2.24, 2.45) is 0 Å². The van der Waals surface area contributed by atoms with Gasteiger partial charge < -0.3 is 10.2 Å².